The molecule has 0 aromatic heterocycles. The SMILES string of the molecule is N#CC1(C#N)[C@@H](c2cccc([N+](=O)[O-])c2)[C@@H](C(=O)C2CC2)N2c3ccccc3C=C[C@@H]21. The summed E-state index contributed by atoms with van der Waals surface area (Å²) in [5.41, 5.74) is 0.500. The smallest absolute Gasteiger partial charge is 0.269 e. The molecule has 2 aromatic rings. The number of anilines is 1. The lowest BCUT2D eigenvalue weighted by Gasteiger charge is -2.35. The Bertz CT molecular complexity index is 1200. The zero-order valence-electron chi connectivity index (χ0n) is 16.5. The lowest BCUT2D eigenvalue weighted by atomic mass is 9.69. The predicted octanol–water partition coefficient (Wildman–Crippen LogP) is 3.98. The van der Waals surface area contributed by atoms with Gasteiger partial charge in [-0.05, 0) is 30.0 Å². The molecule has 0 unspecified atom stereocenters. The van der Waals surface area contributed by atoms with Crippen molar-refractivity contribution in [3.05, 3.63) is 75.8 Å². The molecule has 3 aliphatic rings. The molecule has 3 atom stereocenters. The molecule has 2 aliphatic heterocycles. The Balaban J connectivity index is 1.77. The molecule has 7 heteroatoms. The summed E-state index contributed by atoms with van der Waals surface area (Å²) >= 11 is 0. The molecule has 2 aromatic carbocycles. The van der Waals surface area contributed by atoms with Gasteiger partial charge in [0, 0.05) is 29.7 Å². The van der Waals surface area contributed by atoms with Gasteiger partial charge in [-0.2, -0.15) is 10.5 Å². The first-order valence-electron chi connectivity index (χ1n) is 10.2. The second-order valence-electron chi connectivity index (χ2n) is 8.31. The van der Waals surface area contributed by atoms with Gasteiger partial charge in [0.05, 0.1) is 29.1 Å². The molecular formula is C24H18N4O3. The highest BCUT2D eigenvalue weighted by Gasteiger charge is 2.64. The third-order valence-corrected chi connectivity index (χ3v) is 6.63. The maximum absolute atomic E-state index is 13.6. The Morgan fingerprint density at radius 2 is 1.87 bits per heavy atom. The molecule has 1 aliphatic carbocycles. The van der Waals surface area contributed by atoms with E-state index in [0.29, 0.717) is 5.56 Å². The fourth-order valence-corrected chi connectivity index (χ4v) is 5.07. The summed E-state index contributed by atoms with van der Waals surface area (Å²) in [5, 5.41) is 32.0. The summed E-state index contributed by atoms with van der Waals surface area (Å²) in [5.74, 6) is -0.909. The van der Waals surface area contributed by atoms with E-state index in [-0.39, 0.29) is 17.4 Å². The number of carbonyl (C=O) groups excluding carboxylic acids is 1. The van der Waals surface area contributed by atoms with Gasteiger partial charge in [-0.25, -0.2) is 0 Å². The number of para-hydroxylation sites is 1. The monoisotopic (exact) mass is 410 g/mol. The van der Waals surface area contributed by atoms with Crippen LogP contribution in [0.2, 0.25) is 0 Å². The largest absolute Gasteiger partial charge is 0.351 e. The first-order chi connectivity index (χ1) is 15.0. The molecule has 0 spiro atoms. The second kappa shape index (κ2) is 6.78. The standard InChI is InChI=1S/C24H18N4O3/c25-13-24(14-26)20-11-10-15-4-1-2-7-19(15)27(20)22(23(29)16-8-9-16)21(24)17-5-3-6-18(12-17)28(30)31/h1-7,10-12,16,20-22H,8-9H2/t20-,21+,22+/m1/s1. The number of Topliss-reactive ketones (excluding diaryl/α,β-unsaturated/α-hetero) is 1. The number of nitrogens with zero attached hydrogens (tertiary/aromatic N) is 4. The molecule has 0 N–H and O–H groups in total. The Morgan fingerprint density at radius 3 is 2.55 bits per heavy atom. The van der Waals surface area contributed by atoms with Crippen molar-refractivity contribution in [2.75, 3.05) is 4.90 Å². The molecule has 1 saturated carbocycles. The number of nitriles is 2. The molecular weight excluding hydrogens is 392 g/mol. The molecule has 0 amide bonds. The van der Waals surface area contributed by atoms with Crippen LogP contribution >= 0.6 is 0 Å². The minimum atomic E-state index is -1.56. The van der Waals surface area contributed by atoms with E-state index in [0.717, 1.165) is 24.1 Å². The van der Waals surface area contributed by atoms with Crippen molar-refractivity contribution < 1.29 is 9.72 Å². The number of hydrogen-bond donors (Lipinski definition) is 0. The first-order valence-corrected chi connectivity index (χ1v) is 10.2. The zero-order valence-corrected chi connectivity index (χ0v) is 16.5. The number of benzene rings is 2. The third kappa shape index (κ3) is 2.67. The van der Waals surface area contributed by atoms with Crippen molar-refractivity contribution in [2.24, 2.45) is 11.3 Å². The van der Waals surface area contributed by atoms with Crippen LogP contribution in [0.4, 0.5) is 11.4 Å². The topological polar surface area (TPSA) is 111 Å². The van der Waals surface area contributed by atoms with Gasteiger partial charge in [0.25, 0.3) is 5.69 Å². The van der Waals surface area contributed by atoms with Crippen molar-refractivity contribution in [3.8, 4) is 12.1 Å². The molecule has 2 fully saturated rings. The van der Waals surface area contributed by atoms with Gasteiger partial charge >= 0.3 is 0 Å². The molecule has 152 valence electrons. The van der Waals surface area contributed by atoms with Crippen molar-refractivity contribution in [1.29, 1.82) is 10.5 Å². The number of fused-ring (bicyclic) bond motifs is 3. The van der Waals surface area contributed by atoms with Crippen LogP contribution in [0, 0.1) is 44.1 Å². The summed E-state index contributed by atoms with van der Waals surface area (Å²) in [6.07, 6.45) is 5.28. The normalized spacial score (nSPS) is 25.1. The van der Waals surface area contributed by atoms with Gasteiger partial charge in [0.1, 0.15) is 0 Å². The fourth-order valence-electron chi connectivity index (χ4n) is 5.07. The maximum Gasteiger partial charge on any atom is 0.269 e. The Hall–Kier alpha value is -3.97. The van der Waals surface area contributed by atoms with Gasteiger partial charge < -0.3 is 4.90 Å². The predicted molar refractivity (Wildman–Crippen MR) is 113 cm³/mol. The second-order valence-corrected chi connectivity index (χ2v) is 8.31. The molecule has 1 saturated heterocycles. The highest BCUT2D eigenvalue weighted by Crippen LogP contribution is 2.56. The quantitative estimate of drug-likeness (QED) is 0.557. The lowest BCUT2D eigenvalue weighted by Crippen LogP contribution is -2.44. The van der Waals surface area contributed by atoms with Crippen molar-refractivity contribution in [1.82, 2.24) is 0 Å². The van der Waals surface area contributed by atoms with Gasteiger partial charge in [-0.15, -0.1) is 0 Å². The summed E-state index contributed by atoms with van der Waals surface area (Å²) in [7, 11) is 0. The maximum atomic E-state index is 13.6. The van der Waals surface area contributed by atoms with Crippen LogP contribution in [0.5, 0.6) is 0 Å². The number of hydrogen-bond acceptors (Lipinski definition) is 6. The number of non-ortho nitro benzene ring substituents is 1. The highest BCUT2D eigenvalue weighted by atomic mass is 16.6. The number of carbonyl (C=O) groups is 1. The van der Waals surface area contributed by atoms with Gasteiger partial charge in [0.2, 0.25) is 0 Å². The first kappa shape index (κ1) is 19.0. The Kier molecular flexibility index (Phi) is 4.16. The van der Waals surface area contributed by atoms with Crippen LogP contribution in [0.1, 0.15) is 29.9 Å². The minimum absolute atomic E-state index is 0.000941. The summed E-state index contributed by atoms with van der Waals surface area (Å²) in [6.45, 7) is 0. The average Bonchev–Trinajstić information content (AvgIpc) is 3.60. The number of rotatable bonds is 4. The van der Waals surface area contributed by atoms with Crippen LogP contribution in [-0.4, -0.2) is 22.8 Å². The van der Waals surface area contributed by atoms with E-state index < -0.39 is 28.3 Å². The third-order valence-electron chi connectivity index (χ3n) is 6.63. The van der Waals surface area contributed by atoms with E-state index in [2.05, 4.69) is 12.1 Å². The van der Waals surface area contributed by atoms with Gasteiger partial charge in [0.15, 0.2) is 11.2 Å². The van der Waals surface area contributed by atoms with Crippen molar-refractivity contribution in [3.63, 3.8) is 0 Å². The van der Waals surface area contributed by atoms with Crippen LogP contribution < -0.4 is 4.90 Å². The number of nitro groups is 1. The molecule has 5 rings (SSSR count). The zero-order chi connectivity index (χ0) is 21.8. The van der Waals surface area contributed by atoms with Crippen LogP contribution in [0.25, 0.3) is 6.08 Å². The van der Waals surface area contributed by atoms with E-state index in [9.17, 15) is 25.4 Å². The van der Waals surface area contributed by atoms with Crippen LogP contribution in [0.15, 0.2) is 54.6 Å². The molecule has 7 nitrogen and oxygen atoms in total. The average molecular weight is 410 g/mol. The highest BCUT2D eigenvalue weighted by molar-refractivity contribution is 5.95. The molecule has 0 bridgehead atoms. The van der Waals surface area contributed by atoms with Crippen molar-refractivity contribution in [2.45, 2.75) is 30.8 Å². The number of ketones is 1. The summed E-state index contributed by atoms with van der Waals surface area (Å²) in [6, 6.07) is 16.7. The minimum Gasteiger partial charge on any atom is -0.351 e. The molecule has 31 heavy (non-hydrogen) atoms. The summed E-state index contributed by atoms with van der Waals surface area (Å²) < 4.78 is 0. The summed E-state index contributed by atoms with van der Waals surface area (Å²) in [4.78, 5) is 26.4. The van der Waals surface area contributed by atoms with Gasteiger partial charge in [-0.1, -0.05) is 42.5 Å². The van der Waals surface area contributed by atoms with Crippen LogP contribution in [-0.2, 0) is 4.79 Å². The Labute approximate surface area is 179 Å². The van der Waals surface area contributed by atoms with Crippen molar-refractivity contribution >= 4 is 23.2 Å². The Morgan fingerprint density at radius 1 is 1.13 bits per heavy atom. The number of nitro benzene ring substituents is 1. The lowest BCUT2D eigenvalue weighted by molar-refractivity contribution is -0.384. The van der Waals surface area contributed by atoms with Crippen LogP contribution in [0.3, 0.4) is 0 Å². The molecule has 0 radical (unpaired) electrons. The fraction of sp³-hybridized carbons (Fsp3) is 0.292. The van der Waals surface area contributed by atoms with E-state index in [4.69, 9.17) is 0 Å². The van der Waals surface area contributed by atoms with E-state index in [1.807, 2.05) is 41.3 Å². The van der Waals surface area contributed by atoms with E-state index in [1.165, 1.54) is 12.1 Å². The van der Waals surface area contributed by atoms with E-state index >= 15 is 0 Å². The van der Waals surface area contributed by atoms with Gasteiger partial charge in [-0.3, -0.25) is 14.9 Å². The molecule has 2 heterocycles. The van der Waals surface area contributed by atoms with E-state index in [1.54, 1.807) is 12.1 Å².